The summed E-state index contributed by atoms with van der Waals surface area (Å²) in [5.41, 5.74) is 0.616. The second-order valence-corrected chi connectivity index (χ2v) is 6.05. The van der Waals surface area contributed by atoms with Gasteiger partial charge in [0.15, 0.2) is 0 Å². The van der Waals surface area contributed by atoms with Crippen molar-refractivity contribution in [3.63, 3.8) is 0 Å². The first-order chi connectivity index (χ1) is 9.15. The third kappa shape index (κ3) is 2.79. The van der Waals surface area contributed by atoms with Crippen molar-refractivity contribution in [2.75, 3.05) is 0 Å². The SMILES string of the molecule is O=C(NC1CCCCC1O)c1cc(Cl)cn1C1CC1. The predicted octanol–water partition coefficient (Wildman–Crippen LogP) is 2.51. The van der Waals surface area contributed by atoms with Crippen LogP contribution in [0.3, 0.4) is 0 Å². The fourth-order valence-corrected chi connectivity index (χ4v) is 3.01. The first-order valence-electron chi connectivity index (χ1n) is 7.01. The van der Waals surface area contributed by atoms with Gasteiger partial charge in [-0.2, -0.15) is 0 Å². The van der Waals surface area contributed by atoms with Crippen molar-refractivity contribution in [1.29, 1.82) is 0 Å². The number of aliphatic hydroxyl groups excluding tert-OH is 1. The van der Waals surface area contributed by atoms with Gasteiger partial charge in [-0.25, -0.2) is 0 Å². The first-order valence-corrected chi connectivity index (χ1v) is 7.39. The number of nitrogens with one attached hydrogen (secondary N) is 1. The third-order valence-electron chi connectivity index (χ3n) is 4.03. The topological polar surface area (TPSA) is 54.3 Å². The molecule has 2 saturated carbocycles. The molecule has 1 amide bonds. The zero-order valence-corrected chi connectivity index (χ0v) is 11.6. The maximum atomic E-state index is 12.3. The monoisotopic (exact) mass is 282 g/mol. The molecular weight excluding hydrogens is 264 g/mol. The number of aliphatic hydroxyl groups is 1. The Morgan fingerprint density at radius 1 is 1.32 bits per heavy atom. The Hall–Kier alpha value is -1.00. The number of carbonyl (C=O) groups is 1. The summed E-state index contributed by atoms with van der Waals surface area (Å²) < 4.78 is 1.97. The molecule has 0 bridgehead atoms. The lowest BCUT2D eigenvalue weighted by atomic mass is 9.92. The van der Waals surface area contributed by atoms with E-state index in [1.54, 1.807) is 6.07 Å². The number of hydrogen-bond acceptors (Lipinski definition) is 2. The van der Waals surface area contributed by atoms with Crippen molar-refractivity contribution < 1.29 is 9.90 Å². The van der Waals surface area contributed by atoms with Gasteiger partial charge in [-0.05, 0) is 31.7 Å². The van der Waals surface area contributed by atoms with Gasteiger partial charge in [0.05, 0.1) is 17.2 Å². The van der Waals surface area contributed by atoms with Gasteiger partial charge in [0.25, 0.3) is 5.91 Å². The van der Waals surface area contributed by atoms with Gasteiger partial charge in [0, 0.05) is 12.2 Å². The van der Waals surface area contributed by atoms with E-state index in [1.165, 1.54) is 0 Å². The third-order valence-corrected chi connectivity index (χ3v) is 4.24. The molecule has 4 nitrogen and oxygen atoms in total. The van der Waals surface area contributed by atoms with Gasteiger partial charge >= 0.3 is 0 Å². The van der Waals surface area contributed by atoms with Crippen LogP contribution in [0.4, 0.5) is 0 Å². The quantitative estimate of drug-likeness (QED) is 0.895. The van der Waals surface area contributed by atoms with Crippen LogP contribution in [-0.2, 0) is 0 Å². The maximum Gasteiger partial charge on any atom is 0.268 e. The number of nitrogens with zero attached hydrogens (tertiary/aromatic N) is 1. The molecule has 0 radical (unpaired) electrons. The van der Waals surface area contributed by atoms with Crippen molar-refractivity contribution in [3.05, 3.63) is 23.0 Å². The van der Waals surface area contributed by atoms with Crippen LogP contribution in [0, 0.1) is 0 Å². The minimum absolute atomic E-state index is 0.121. The van der Waals surface area contributed by atoms with Crippen LogP contribution in [0.1, 0.15) is 55.1 Å². The highest BCUT2D eigenvalue weighted by Crippen LogP contribution is 2.37. The molecule has 0 saturated heterocycles. The van der Waals surface area contributed by atoms with Gasteiger partial charge in [-0.3, -0.25) is 4.79 Å². The molecule has 2 atom stereocenters. The highest BCUT2D eigenvalue weighted by molar-refractivity contribution is 6.31. The average molecular weight is 283 g/mol. The van der Waals surface area contributed by atoms with Crippen LogP contribution in [0.25, 0.3) is 0 Å². The van der Waals surface area contributed by atoms with Gasteiger partial charge in [-0.1, -0.05) is 24.4 Å². The minimum Gasteiger partial charge on any atom is -0.391 e. The number of carbonyl (C=O) groups excluding carboxylic acids is 1. The average Bonchev–Trinajstić information content (AvgIpc) is 3.15. The fraction of sp³-hybridized carbons (Fsp3) is 0.643. The van der Waals surface area contributed by atoms with Crippen LogP contribution in [0.5, 0.6) is 0 Å². The van der Waals surface area contributed by atoms with Crippen LogP contribution in [0.15, 0.2) is 12.3 Å². The number of hydrogen-bond donors (Lipinski definition) is 2. The Kier molecular flexibility index (Phi) is 3.54. The van der Waals surface area contributed by atoms with Crippen LogP contribution in [-0.4, -0.2) is 27.7 Å². The fourth-order valence-electron chi connectivity index (χ4n) is 2.80. The van der Waals surface area contributed by atoms with E-state index in [2.05, 4.69) is 5.32 Å². The smallest absolute Gasteiger partial charge is 0.268 e. The van der Waals surface area contributed by atoms with Crippen molar-refractivity contribution in [3.8, 4) is 0 Å². The zero-order chi connectivity index (χ0) is 13.4. The molecule has 19 heavy (non-hydrogen) atoms. The largest absolute Gasteiger partial charge is 0.391 e. The van der Waals surface area contributed by atoms with E-state index in [-0.39, 0.29) is 11.9 Å². The maximum absolute atomic E-state index is 12.3. The lowest BCUT2D eigenvalue weighted by Gasteiger charge is -2.28. The lowest BCUT2D eigenvalue weighted by Crippen LogP contribution is -2.45. The molecule has 2 fully saturated rings. The molecule has 5 heteroatoms. The molecule has 3 rings (SSSR count). The minimum atomic E-state index is -0.419. The molecule has 2 N–H and O–H groups in total. The summed E-state index contributed by atoms with van der Waals surface area (Å²) in [6.45, 7) is 0. The van der Waals surface area contributed by atoms with E-state index in [9.17, 15) is 9.90 Å². The summed E-state index contributed by atoms with van der Waals surface area (Å²) in [4.78, 5) is 12.3. The Balaban J connectivity index is 1.72. The second-order valence-electron chi connectivity index (χ2n) is 5.61. The lowest BCUT2D eigenvalue weighted by molar-refractivity contribution is 0.0710. The summed E-state index contributed by atoms with van der Waals surface area (Å²) in [7, 11) is 0. The second kappa shape index (κ2) is 5.17. The predicted molar refractivity (Wildman–Crippen MR) is 73.4 cm³/mol. The standard InChI is InChI=1S/C14H19ClN2O2/c15-9-7-12(17(8-9)10-5-6-10)14(19)16-11-3-1-2-4-13(11)18/h7-8,10-11,13,18H,1-6H2,(H,16,19). The van der Waals surface area contributed by atoms with Gasteiger partial charge in [-0.15, -0.1) is 0 Å². The van der Waals surface area contributed by atoms with E-state index in [4.69, 9.17) is 11.6 Å². The summed E-state index contributed by atoms with van der Waals surface area (Å²) in [5, 5.41) is 13.5. The Bertz CT molecular complexity index is 482. The highest BCUT2D eigenvalue weighted by Gasteiger charge is 2.30. The van der Waals surface area contributed by atoms with Crippen LogP contribution in [0.2, 0.25) is 5.02 Å². The van der Waals surface area contributed by atoms with E-state index < -0.39 is 6.10 Å². The van der Waals surface area contributed by atoms with E-state index in [0.29, 0.717) is 16.8 Å². The van der Waals surface area contributed by atoms with Gasteiger partial charge < -0.3 is 15.0 Å². The Labute approximate surface area is 117 Å². The molecule has 1 aromatic rings. The Morgan fingerprint density at radius 3 is 2.74 bits per heavy atom. The normalized spacial score (nSPS) is 27.3. The van der Waals surface area contributed by atoms with Crippen molar-refractivity contribution in [2.24, 2.45) is 0 Å². The molecule has 2 aliphatic rings. The molecule has 0 aromatic carbocycles. The summed E-state index contributed by atoms with van der Waals surface area (Å²) in [6.07, 6.45) is 7.35. The highest BCUT2D eigenvalue weighted by atomic mass is 35.5. The number of rotatable bonds is 3. The molecule has 0 aliphatic heterocycles. The molecule has 0 spiro atoms. The van der Waals surface area contributed by atoms with Gasteiger partial charge in [0.1, 0.15) is 5.69 Å². The molecule has 104 valence electrons. The summed E-state index contributed by atoms with van der Waals surface area (Å²) in [6, 6.07) is 2.01. The Morgan fingerprint density at radius 2 is 2.05 bits per heavy atom. The van der Waals surface area contributed by atoms with E-state index >= 15 is 0 Å². The molecule has 2 aliphatic carbocycles. The van der Waals surface area contributed by atoms with Crippen molar-refractivity contribution in [1.82, 2.24) is 9.88 Å². The molecule has 1 heterocycles. The first kappa shape index (κ1) is 13.0. The van der Waals surface area contributed by atoms with E-state index in [1.807, 2.05) is 10.8 Å². The molecule has 2 unspecified atom stereocenters. The summed E-state index contributed by atoms with van der Waals surface area (Å²) >= 11 is 6.00. The van der Waals surface area contributed by atoms with Crippen LogP contribution >= 0.6 is 11.6 Å². The van der Waals surface area contributed by atoms with Gasteiger partial charge in [0.2, 0.25) is 0 Å². The summed E-state index contributed by atoms with van der Waals surface area (Å²) in [5.74, 6) is -0.121. The number of halogens is 1. The molecular formula is C14H19ClN2O2. The molecule has 1 aromatic heterocycles. The van der Waals surface area contributed by atoms with Crippen molar-refractivity contribution in [2.45, 2.75) is 56.7 Å². The van der Waals surface area contributed by atoms with E-state index in [0.717, 1.165) is 38.5 Å². The number of aromatic nitrogens is 1. The van der Waals surface area contributed by atoms with Crippen molar-refractivity contribution >= 4 is 17.5 Å². The number of amides is 1. The van der Waals surface area contributed by atoms with Crippen LogP contribution < -0.4 is 5.32 Å². The zero-order valence-electron chi connectivity index (χ0n) is 10.8.